The molecule has 0 N–H and O–H groups in total. The summed E-state index contributed by atoms with van der Waals surface area (Å²) in [6.45, 7) is 4.55. The first kappa shape index (κ1) is 31.6. The maximum atomic E-state index is 5.36. The Bertz CT molecular complexity index is 2360. The van der Waals surface area contributed by atoms with Gasteiger partial charge in [0.2, 0.25) is 6.71 Å². The minimum Gasteiger partial charge on any atom is -0.315 e. The number of thiol groups is 1. The van der Waals surface area contributed by atoms with Gasteiger partial charge in [-0.05, 0) is 117 Å². The molecule has 0 saturated carbocycles. The molecule has 0 bridgehead atoms. The standard InChI is InChI=1S/C46H40BN3S/c1-32-33(2)48-43-30-40(50(37-20-11-5-12-21-37)38-22-13-6-14-23-38)31-44(51)45(43)47(42-25-15-24-41(32)46(42)48)34-26-28-39(29-27-34)49(35-16-7-3-8-17-35)36-18-9-4-10-19-36/h3,5-8,11-18,20-31,51H,4,9-10,19H2,1-2H3. The Kier molecular flexibility index (Phi) is 8.09. The summed E-state index contributed by atoms with van der Waals surface area (Å²) in [6.07, 6.45) is 7.16. The highest BCUT2D eigenvalue weighted by molar-refractivity contribution is 7.80. The third-order valence-corrected chi connectivity index (χ3v) is 11.2. The van der Waals surface area contributed by atoms with Crippen molar-refractivity contribution in [2.24, 2.45) is 0 Å². The lowest BCUT2D eigenvalue weighted by Crippen LogP contribution is -2.56. The van der Waals surface area contributed by atoms with Gasteiger partial charge in [0.25, 0.3) is 0 Å². The van der Waals surface area contributed by atoms with E-state index in [0.717, 1.165) is 34.8 Å². The van der Waals surface area contributed by atoms with Gasteiger partial charge in [0.05, 0.1) is 0 Å². The number of rotatable bonds is 7. The van der Waals surface area contributed by atoms with Crippen LogP contribution in [0, 0.1) is 13.8 Å². The van der Waals surface area contributed by atoms with Crippen molar-refractivity contribution < 1.29 is 0 Å². The summed E-state index contributed by atoms with van der Waals surface area (Å²) in [4.78, 5) is 5.78. The van der Waals surface area contributed by atoms with Gasteiger partial charge in [0.15, 0.2) is 0 Å². The lowest BCUT2D eigenvalue weighted by Gasteiger charge is -2.32. The number of hydrogen-bond donors (Lipinski definition) is 1. The maximum absolute atomic E-state index is 5.36. The van der Waals surface area contributed by atoms with Crippen molar-refractivity contribution in [2.45, 2.75) is 44.4 Å². The molecule has 1 aliphatic heterocycles. The zero-order chi connectivity index (χ0) is 34.5. The molecule has 0 amide bonds. The van der Waals surface area contributed by atoms with Crippen molar-refractivity contribution in [3.8, 4) is 5.69 Å². The largest absolute Gasteiger partial charge is 0.315 e. The molecule has 2 heterocycles. The normalized spacial score (nSPS) is 13.5. The fraction of sp³-hybridized carbons (Fsp3) is 0.130. The van der Waals surface area contributed by atoms with Crippen molar-refractivity contribution in [1.82, 2.24) is 4.57 Å². The second-order valence-corrected chi connectivity index (χ2v) is 14.3. The number of allylic oxidation sites excluding steroid dienone is 2. The number of para-hydroxylation sites is 4. The van der Waals surface area contributed by atoms with Gasteiger partial charge in [-0.15, -0.1) is 12.6 Å². The number of anilines is 5. The highest BCUT2D eigenvalue weighted by Crippen LogP contribution is 2.39. The van der Waals surface area contributed by atoms with Crippen LogP contribution in [-0.2, 0) is 0 Å². The van der Waals surface area contributed by atoms with Gasteiger partial charge in [-0.1, -0.05) is 96.5 Å². The van der Waals surface area contributed by atoms with Gasteiger partial charge in [-0.25, -0.2) is 0 Å². The Morgan fingerprint density at radius 3 is 1.82 bits per heavy atom. The van der Waals surface area contributed by atoms with Crippen LogP contribution in [0.4, 0.5) is 28.4 Å². The van der Waals surface area contributed by atoms with Gasteiger partial charge in [-0.3, -0.25) is 0 Å². The van der Waals surface area contributed by atoms with E-state index in [2.05, 4.69) is 180 Å². The fourth-order valence-electron chi connectivity index (χ4n) is 8.40. The van der Waals surface area contributed by atoms with Crippen LogP contribution in [0.3, 0.4) is 0 Å². The monoisotopic (exact) mass is 677 g/mol. The number of aryl methyl sites for hydroxylation is 1. The lowest BCUT2D eigenvalue weighted by molar-refractivity contribution is 0.691. The highest BCUT2D eigenvalue weighted by atomic mass is 32.1. The van der Waals surface area contributed by atoms with Gasteiger partial charge < -0.3 is 14.4 Å². The lowest BCUT2D eigenvalue weighted by atomic mass is 9.35. The van der Waals surface area contributed by atoms with E-state index >= 15 is 0 Å². The highest BCUT2D eigenvalue weighted by Gasteiger charge is 2.36. The van der Waals surface area contributed by atoms with Crippen molar-refractivity contribution in [2.75, 3.05) is 9.80 Å². The SMILES string of the molecule is Cc1c(C)n2c3c(cccc13)B(c1ccc(N(C3=CCCCC3)c3ccccc3)cc1)c1c(S)cc(N(c3ccccc3)c3ccccc3)cc1-2. The summed E-state index contributed by atoms with van der Waals surface area (Å²) >= 11 is 5.36. The van der Waals surface area contributed by atoms with Crippen LogP contribution in [0.1, 0.15) is 36.9 Å². The van der Waals surface area contributed by atoms with Crippen molar-refractivity contribution >= 4 is 75.1 Å². The predicted octanol–water partition coefficient (Wildman–Crippen LogP) is 10.4. The first-order valence-electron chi connectivity index (χ1n) is 18.1. The number of benzene rings is 6. The van der Waals surface area contributed by atoms with E-state index in [0.29, 0.717) is 0 Å². The molecule has 0 atom stereocenters. The molecule has 9 rings (SSSR count). The summed E-state index contributed by atoms with van der Waals surface area (Å²) in [5, 5.41) is 1.31. The summed E-state index contributed by atoms with van der Waals surface area (Å²) in [6, 6.07) is 52.9. The Labute approximate surface area is 307 Å². The molecule has 0 fully saturated rings. The molecule has 1 aromatic heterocycles. The molecule has 0 saturated heterocycles. The molecule has 5 heteroatoms. The summed E-state index contributed by atoms with van der Waals surface area (Å²) < 4.78 is 2.49. The second kappa shape index (κ2) is 13.1. The van der Waals surface area contributed by atoms with E-state index in [1.165, 1.54) is 74.1 Å². The van der Waals surface area contributed by atoms with Gasteiger partial charge in [-0.2, -0.15) is 0 Å². The maximum Gasteiger partial charge on any atom is 0.248 e. The molecule has 248 valence electrons. The fourth-order valence-corrected chi connectivity index (χ4v) is 8.77. The van der Waals surface area contributed by atoms with E-state index in [1.54, 1.807) is 0 Å². The van der Waals surface area contributed by atoms with Crippen LogP contribution < -0.4 is 26.2 Å². The number of fused-ring (bicyclic) bond motifs is 2. The van der Waals surface area contributed by atoms with Gasteiger partial charge >= 0.3 is 0 Å². The molecule has 7 aromatic rings. The van der Waals surface area contributed by atoms with Crippen LogP contribution >= 0.6 is 12.6 Å². The van der Waals surface area contributed by atoms with Crippen molar-refractivity contribution in [3.05, 3.63) is 169 Å². The van der Waals surface area contributed by atoms with Crippen LogP contribution in [0.2, 0.25) is 0 Å². The smallest absolute Gasteiger partial charge is 0.248 e. The first-order valence-corrected chi connectivity index (χ1v) is 18.6. The topological polar surface area (TPSA) is 11.4 Å². The van der Waals surface area contributed by atoms with Crippen LogP contribution in [-0.4, -0.2) is 11.3 Å². The minimum atomic E-state index is 0.0291. The Morgan fingerprint density at radius 2 is 1.22 bits per heavy atom. The summed E-state index contributed by atoms with van der Waals surface area (Å²) in [7, 11) is 0. The number of aromatic nitrogens is 1. The molecule has 3 nitrogen and oxygen atoms in total. The predicted molar refractivity (Wildman–Crippen MR) is 221 cm³/mol. The molecule has 1 aliphatic carbocycles. The zero-order valence-corrected chi connectivity index (χ0v) is 30.0. The molecule has 0 unspecified atom stereocenters. The summed E-state index contributed by atoms with van der Waals surface area (Å²) in [5.74, 6) is 0. The molecular formula is C46H40BN3S. The average molecular weight is 678 g/mol. The number of nitrogens with zero attached hydrogens (tertiary/aromatic N) is 3. The van der Waals surface area contributed by atoms with E-state index < -0.39 is 0 Å². The van der Waals surface area contributed by atoms with Crippen molar-refractivity contribution in [1.29, 1.82) is 0 Å². The van der Waals surface area contributed by atoms with E-state index in [4.69, 9.17) is 12.6 Å². The van der Waals surface area contributed by atoms with Crippen LogP contribution in [0.15, 0.2) is 162 Å². The Morgan fingerprint density at radius 1 is 0.608 bits per heavy atom. The number of hydrogen-bond acceptors (Lipinski definition) is 3. The molecular weight excluding hydrogens is 637 g/mol. The second-order valence-electron chi connectivity index (χ2n) is 13.8. The van der Waals surface area contributed by atoms with E-state index in [9.17, 15) is 0 Å². The minimum absolute atomic E-state index is 0.0291. The third kappa shape index (κ3) is 5.39. The molecule has 6 aromatic carbocycles. The zero-order valence-electron chi connectivity index (χ0n) is 29.1. The third-order valence-electron chi connectivity index (χ3n) is 10.9. The Hall–Kier alpha value is -5.39. The first-order chi connectivity index (χ1) is 25.1. The summed E-state index contributed by atoms with van der Waals surface area (Å²) in [5.41, 5.74) is 16.0. The van der Waals surface area contributed by atoms with Crippen LogP contribution in [0.25, 0.3) is 16.6 Å². The van der Waals surface area contributed by atoms with E-state index in [-0.39, 0.29) is 6.71 Å². The molecule has 0 spiro atoms. The molecule has 0 radical (unpaired) electrons. The quantitative estimate of drug-likeness (QED) is 0.133. The average Bonchev–Trinajstić information content (AvgIpc) is 3.44. The Balaban J connectivity index is 1.23. The molecule has 51 heavy (non-hydrogen) atoms. The van der Waals surface area contributed by atoms with Gasteiger partial charge in [0, 0.05) is 61.3 Å². The van der Waals surface area contributed by atoms with Gasteiger partial charge in [0.1, 0.15) is 0 Å². The van der Waals surface area contributed by atoms with Crippen LogP contribution in [0.5, 0.6) is 0 Å². The molecule has 2 aliphatic rings. The van der Waals surface area contributed by atoms with Crippen molar-refractivity contribution in [3.63, 3.8) is 0 Å². The van der Waals surface area contributed by atoms with E-state index in [1.807, 2.05) is 0 Å².